The standard InChI is InChI=1S/C23H26N4O2S/c1-17(26-11-13-27(14-12-26)18-6-3-2-4-7-18)16-24-22(28)19-9-10-20(25-23(19)29)21-8-5-15-30-21/h2-10,15,17H,11-14,16H2,1H3,(H,24,28)(H,25,29). The molecule has 0 radical (unpaired) electrons. The first-order valence-corrected chi connectivity index (χ1v) is 11.1. The van der Waals surface area contributed by atoms with Gasteiger partial charge in [-0.05, 0) is 42.6 Å². The Labute approximate surface area is 180 Å². The normalized spacial score (nSPS) is 15.7. The number of hydrogen-bond acceptors (Lipinski definition) is 5. The van der Waals surface area contributed by atoms with Gasteiger partial charge < -0.3 is 15.2 Å². The van der Waals surface area contributed by atoms with Crippen LogP contribution < -0.4 is 15.8 Å². The molecule has 3 heterocycles. The molecule has 2 N–H and O–H groups in total. The van der Waals surface area contributed by atoms with Gasteiger partial charge in [0.2, 0.25) is 0 Å². The lowest BCUT2D eigenvalue weighted by molar-refractivity contribution is 0.0933. The van der Waals surface area contributed by atoms with Crippen LogP contribution in [0.25, 0.3) is 10.6 Å². The summed E-state index contributed by atoms with van der Waals surface area (Å²) in [4.78, 5) is 33.4. The SMILES string of the molecule is CC(CNC(=O)c1ccc(-c2cccs2)[nH]c1=O)N1CCN(c2ccccc2)CC1. The number of thiophene rings is 1. The summed E-state index contributed by atoms with van der Waals surface area (Å²) in [5.41, 5.74) is 1.78. The summed E-state index contributed by atoms with van der Waals surface area (Å²) in [6.45, 7) is 6.45. The van der Waals surface area contributed by atoms with Crippen molar-refractivity contribution < 1.29 is 4.79 Å². The lowest BCUT2D eigenvalue weighted by Gasteiger charge is -2.39. The van der Waals surface area contributed by atoms with Crippen molar-refractivity contribution >= 4 is 22.9 Å². The number of piperazine rings is 1. The highest BCUT2D eigenvalue weighted by Crippen LogP contribution is 2.21. The number of benzene rings is 1. The molecule has 1 saturated heterocycles. The largest absolute Gasteiger partial charge is 0.369 e. The molecule has 1 unspecified atom stereocenters. The monoisotopic (exact) mass is 422 g/mol. The number of nitrogens with zero attached hydrogens (tertiary/aromatic N) is 2. The summed E-state index contributed by atoms with van der Waals surface area (Å²) in [5, 5.41) is 4.88. The van der Waals surface area contributed by atoms with Crippen LogP contribution in [-0.2, 0) is 0 Å². The van der Waals surface area contributed by atoms with E-state index in [1.165, 1.54) is 5.69 Å². The Morgan fingerprint density at radius 2 is 1.83 bits per heavy atom. The predicted molar refractivity (Wildman–Crippen MR) is 122 cm³/mol. The number of rotatable bonds is 6. The smallest absolute Gasteiger partial charge is 0.261 e. The number of carbonyl (C=O) groups is 1. The maximum atomic E-state index is 12.5. The van der Waals surface area contributed by atoms with Gasteiger partial charge >= 0.3 is 0 Å². The van der Waals surface area contributed by atoms with Crippen molar-refractivity contribution in [2.45, 2.75) is 13.0 Å². The number of pyridine rings is 1. The van der Waals surface area contributed by atoms with Crippen molar-refractivity contribution in [1.29, 1.82) is 0 Å². The molecule has 1 aliphatic heterocycles. The summed E-state index contributed by atoms with van der Waals surface area (Å²) in [6.07, 6.45) is 0. The Kier molecular flexibility index (Phi) is 6.30. The van der Waals surface area contributed by atoms with Crippen LogP contribution in [0.2, 0.25) is 0 Å². The molecule has 1 atom stereocenters. The molecular weight excluding hydrogens is 396 g/mol. The maximum absolute atomic E-state index is 12.5. The fourth-order valence-corrected chi connectivity index (χ4v) is 4.46. The fourth-order valence-electron chi connectivity index (χ4n) is 3.75. The van der Waals surface area contributed by atoms with Crippen LogP contribution in [0.4, 0.5) is 5.69 Å². The average molecular weight is 423 g/mol. The second-order valence-electron chi connectivity index (χ2n) is 7.51. The summed E-state index contributed by atoms with van der Waals surface area (Å²) < 4.78 is 0. The number of anilines is 1. The number of H-pyrrole nitrogens is 1. The molecule has 0 spiro atoms. The van der Waals surface area contributed by atoms with E-state index in [4.69, 9.17) is 0 Å². The first kappa shape index (κ1) is 20.4. The van der Waals surface area contributed by atoms with Crippen LogP contribution >= 0.6 is 11.3 Å². The van der Waals surface area contributed by atoms with E-state index < -0.39 is 0 Å². The van der Waals surface area contributed by atoms with Gasteiger partial charge in [0.15, 0.2) is 0 Å². The van der Waals surface area contributed by atoms with E-state index in [0.29, 0.717) is 6.54 Å². The number of aromatic amines is 1. The summed E-state index contributed by atoms with van der Waals surface area (Å²) in [5.74, 6) is -0.330. The highest BCUT2D eigenvalue weighted by Gasteiger charge is 2.22. The molecule has 1 amide bonds. The van der Waals surface area contributed by atoms with Gasteiger partial charge in [-0.25, -0.2) is 0 Å². The fraction of sp³-hybridized carbons (Fsp3) is 0.304. The highest BCUT2D eigenvalue weighted by molar-refractivity contribution is 7.13. The zero-order chi connectivity index (χ0) is 20.9. The molecule has 1 aromatic carbocycles. The molecule has 4 rings (SSSR count). The number of amides is 1. The van der Waals surface area contributed by atoms with Crippen molar-refractivity contribution in [2.75, 3.05) is 37.6 Å². The predicted octanol–water partition coefficient (Wildman–Crippen LogP) is 3.04. The van der Waals surface area contributed by atoms with Crippen LogP contribution in [-0.4, -0.2) is 54.6 Å². The van der Waals surface area contributed by atoms with Crippen LogP contribution in [0.1, 0.15) is 17.3 Å². The van der Waals surface area contributed by atoms with E-state index in [2.05, 4.69) is 51.3 Å². The van der Waals surface area contributed by atoms with Crippen LogP contribution in [0.5, 0.6) is 0 Å². The van der Waals surface area contributed by atoms with Gasteiger partial charge in [-0.1, -0.05) is 24.3 Å². The maximum Gasteiger partial charge on any atom is 0.261 e. The Morgan fingerprint density at radius 1 is 1.07 bits per heavy atom. The van der Waals surface area contributed by atoms with Gasteiger partial charge in [-0.2, -0.15) is 0 Å². The zero-order valence-electron chi connectivity index (χ0n) is 17.0. The molecule has 30 heavy (non-hydrogen) atoms. The van der Waals surface area contributed by atoms with Gasteiger partial charge in [-0.3, -0.25) is 14.5 Å². The topological polar surface area (TPSA) is 68.4 Å². The molecule has 6 nitrogen and oxygen atoms in total. The van der Waals surface area contributed by atoms with Gasteiger partial charge in [0.25, 0.3) is 11.5 Å². The Hall–Kier alpha value is -2.90. The second-order valence-corrected chi connectivity index (χ2v) is 8.46. The number of carbonyl (C=O) groups excluding carboxylic acids is 1. The van der Waals surface area contributed by atoms with Crippen molar-refractivity contribution in [3.05, 3.63) is 75.9 Å². The van der Waals surface area contributed by atoms with Crippen LogP contribution in [0.3, 0.4) is 0 Å². The molecule has 0 bridgehead atoms. The minimum absolute atomic E-state index is 0.149. The molecule has 1 aliphatic rings. The third-order valence-electron chi connectivity index (χ3n) is 5.56. The number of nitrogens with one attached hydrogen (secondary N) is 2. The molecule has 2 aromatic heterocycles. The number of aromatic nitrogens is 1. The second kappa shape index (κ2) is 9.28. The third kappa shape index (κ3) is 4.63. The van der Waals surface area contributed by atoms with E-state index in [1.807, 2.05) is 23.6 Å². The van der Waals surface area contributed by atoms with E-state index >= 15 is 0 Å². The first-order chi connectivity index (χ1) is 14.6. The Bertz CT molecular complexity index is 1020. The molecule has 0 aliphatic carbocycles. The van der Waals surface area contributed by atoms with Gasteiger partial charge in [-0.15, -0.1) is 11.3 Å². The van der Waals surface area contributed by atoms with Crippen LogP contribution in [0.15, 0.2) is 64.8 Å². The minimum Gasteiger partial charge on any atom is -0.369 e. The molecule has 3 aromatic rings. The van der Waals surface area contributed by atoms with Crippen molar-refractivity contribution in [2.24, 2.45) is 0 Å². The average Bonchev–Trinajstić information content (AvgIpc) is 3.33. The van der Waals surface area contributed by atoms with Crippen LogP contribution in [0, 0.1) is 0 Å². The summed E-state index contributed by atoms with van der Waals surface area (Å²) in [6, 6.07) is 17.9. The summed E-state index contributed by atoms with van der Waals surface area (Å²) >= 11 is 1.55. The quantitative estimate of drug-likeness (QED) is 0.641. The number of hydrogen-bond donors (Lipinski definition) is 2. The van der Waals surface area contributed by atoms with E-state index in [0.717, 1.165) is 36.8 Å². The van der Waals surface area contributed by atoms with Gasteiger partial charge in [0.1, 0.15) is 5.56 Å². The van der Waals surface area contributed by atoms with Crippen molar-refractivity contribution in [3.8, 4) is 10.6 Å². The molecule has 156 valence electrons. The number of para-hydroxylation sites is 1. The van der Waals surface area contributed by atoms with Gasteiger partial charge in [0, 0.05) is 44.5 Å². The highest BCUT2D eigenvalue weighted by atomic mass is 32.1. The van der Waals surface area contributed by atoms with E-state index in [9.17, 15) is 9.59 Å². The molecular formula is C23H26N4O2S. The molecule has 7 heteroatoms. The van der Waals surface area contributed by atoms with Gasteiger partial charge in [0.05, 0.1) is 10.6 Å². The van der Waals surface area contributed by atoms with Crippen molar-refractivity contribution in [1.82, 2.24) is 15.2 Å². The Morgan fingerprint density at radius 3 is 2.50 bits per heavy atom. The third-order valence-corrected chi connectivity index (χ3v) is 6.46. The van der Waals surface area contributed by atoms with Crippen molar-refractivity contribution in [3.63, 3.8) is 0 Å². The molecule has 0 saturated carbocycles. The minimum atomic E-state index is -0.359. The first-order valence-electron chi connectivity index (χ1n) is 10.2. The lowest BCUT2D eigenvalue weighted by atomic mass is 10.2. The Balaban J connectivity index is 1.29. The lowest BCUT2D eigenvalue weighted by Crippen LogP contribution is -2.52. The zero-order valence-corrected chi connectivity index (χ0v) is 17.8. The van der Waals surface area contributed by atoms with E-state index in [-0.39, 0.29) is 23.1 Å². The molecule has 1 fully saturated rings. The van der Waals surface area contributed by atoms with E-state index in [1.54, 1.807) is 23.5 Å². The summed E-state index contributed by atoms with van der Waals surface area (Å²) in [7, 11) is 0.